The first-order valence-corrected chi connectivity index (χ1v) is 9.17. The highest BCUT2D eigenvalue weighted by molar-refractivity contribution is 5.76. The number of hydrogen-bond acceptors (Lipinski definition) is 3. The molecule has 27 heavy (non-hydrogen) atoms. The second-order valence-electron chi connectivity index (χ2n) is 6.81. The largest absolute Gasteiger partial charge is 0.340 e. The van der Waals surface area contributed by atoms with Gasteiger partial charge in [0, 0.05) is 55.6 Å². The first kappa shape index (κ1) is 17.3. The lowest BCUT2D eigenvalue weighted by Crippen LogP contribution is -2.37. The molecule has 1 aromatic carbocycles. The number of hydrogen-bond donors (Lipinski definition) is 0. The van der Waals surface area contributed by atoms with Gasteiger partial charge in [0.25, 0.3) is 5.56 Å². The Kier molecular flexibility index (Phi) is 4.62. The van der Waals surface area contributed by atoms with E-state index >= 15 is 0 Å². The van der Waals surface area contributed by atoms with E-state index in [-0.39, 0.29) is 18.0 Å². The van der Waals surface area contributed by atoms with E-state index in [0.29, 0.717) is 13.1 Å². The van der Waals surface area contributed by atoms with Gasteiger partial charge in [-0.15, -0.1) is 0 Å². The van der Waals surface area contributed by atoms with Crippen molar-refractivity contribution in [1.29, 1.82) is 0 Å². The lowest BCUT2D eigenvalue weighted by molar-refractivity contribution is -0.131. The number of rotatable bonds is 3. The minimum atomic E-state index is -0.153. The number of amides is 1. The normalized spacial score (nSPS) is 13.9. The first-order chi connectivity index (χ1) is 13.1. The van der Waals surface area contributed by atoms with E-state index in [9.17, 15) is 9.59 Å². The Labute approximate surface area is 157 Å². The number of carbonyl (C=O) groups excluding carboxylic acids is 1. The van der Waals surface area contributed by atoms with E-state index in [0.717, 1.165) is 24.1 Å². The molecule has 0 saturated heterocycles. The summed E-state index contributed by atoms with van der Waals surface area (Å²) in [6.07, 6.45) is 3.19. The maximum Gasteiger partial charge on any atom is 0.250 e. The van der Waals surface area contributed by atoms with Crippen LogP contribution >= 0.6 is 0 Å². The van der Waals surface area contributed by atoms with Gasteiger partial charge in [-0.2, -0.15) is 5.10 Å². The second-order valence-corrected chi connectivity index (χ2v) is 6.81. The fourth-order valence-corrected chi connectivity index (χ4v) is 3.69. The van der Waals surface area contributed by atoms with Crippen LogP contribution in [-0.4, -0.2) is 38.2 Å². The first-order valence-electron chi connectivity index (χ1n) is 9.17. The van der Waals surface area contributed by atoms with Crippen molar-refractivity contribution in [3.8, 4) is 11.3 Å². The second kappa shape index (κ2) is 7.23. The van der Waals surface area contributed by atoms with Crippen molar-refractivity contribution in [3.63, 3.8) is 0 Å². The van der Waals surface area contributed by atoms with Crippen molar-refractivity contribution >= 4 is 5.91 Å². The zero-order valence-electron chi connectivity index (χ0n) is 15.3. The number of carbonyl (C=O) groups is 1. The number of aryl methyl sites for hydroxylation is 1. The molecule has 4 rings (SSSR count). The Morgan fingerprint density at radius 3 is 2.56 bits per heavy atom. The van der Waals surface area contributed by atoms with E-state index in [2.05, 4.69) is 12.1 Å². The van der Waals surface area contributed by atoms with Gasteiger partial charge in [-0.25, -0.2) is 0 Å². The molecule has 6 nitrogen and oxygen atoms in total. The summed E-state index contributed by atoms with van der Waals surface area (Å²) in [5, 5.41) is 4.72. The summed E-state index contributed by atoms with van der Waals surface area (Å²) in [7, 11) is 1.96. The highest BCUT2D eigenvalue weighted by Gasteiger charge is 2.24. The molecule has 0 atom stereocenters. The Morgan fingerprint density at radius 1 is 1.04 bits per heavy atom. The molecule has 6 heteroatoms. The third-order valence-corrected chi connectivity index (χ3v) is 5.13. The van der Waals surface area contributed by atoms with Gasteiger partial charge in [-0.05, 0) is 12.5 Å². The van der Waals surface area contributed by atoms with Crippen LogP contribution in [0.5, 0.6) is 0 Å². The molecule has 1 aliphatic rings. The van der Waals surface area contributed by atoms with E-state index in [1.165, 1.54) is 21.9 Å². The van der Waals surface area contributed by atoms with Gasteiger partial charge in [0.05, 0.1) is 5.69 Å². The van der Waals surface area contributed by atoms with Crippen molar-refractivity contribution in [2.24, 2.45) is 7.05 Å². The lowest BCUT2D eigenvalue weighted by atomic mass is 10.0. The molecule has 1 aliphatic heterocycles. The number of fused-ring (bicyclic) bond motifs is 1. The zero-order chi connectivity index (χ0) is 18.8. The Hall–Kier alpha value is -3.15. The summed E-state index contributed by atoms with van der Waals surface area (Å²) >= 11 is 0. The molecule has 0 N–H and O–H groups in total. The summed E-state index contributed by atoms with van der Waals surface area (Å²) < 4.78 is 3.39. The van der Waals surface area contributed by atoms with Gasteiger partial charge in [0.2, 0.25) is 5.91 Å². The van der Waals surface area contributed by atoms with Crippen LogP contribution in [0.4, 0.5) is 0 Å². The maximum atomic E-state index is 12.7. The molecule has 0 saturated carbocycles. The molecule has 3 heterocycles. The molecule has 138 valence electrons. The van der Waals surface area contributed by atoms with E-state index in [1.54, 1.807) is 18.3 Å². The third-order valence-electron chi connectivity index (χ3n) is 5.13. The van der Waals surface area contributed by atoms with Gasteiger partial charge in [0.15, 0.2) is 0 Å². The SMILES string of the molecule is Cn1nc(-c2ccccc2)c2c1CCN(C(=O)Cn1ccccc1=O)CC2. The van der Waals surface area contributed by atoms with Crippen molar-refractivity contribution in [2.45, 2.75) is 19.4 Å². The molecule has 0 radical (unpaired) electrons. The third kappa shape index (κ3) is 3.43. The number of benzene rings is 1. The van der Waals surface area contributed by atoms with Crippen LogP contribution in [0.15, 0.2) is 59.5 Å². The van der Waals surface area contributed by atoms with Crippen LogP contribution in [0, 0.1) is 0 Å². The molecule has 1 amide bonds. The van der Waals surface area contributed by atoms with Crippen LogP contribution in [0.2, 0.25) is 0 Å². The predicted molar refractivity (Wildman–Crippen MR) is 103 cm³/mol. The molecular weight excluding hydrogens is 340 g/mol. The Bertz CT molecular complexity index is 1020. The van der Waals surface area contributed by atoms with Crippen LogP contribution in [-0.2, 0) is 31.2 Å². The van der Waals surface area contributed by atoms with Crippen LogP contribution in [0.25, 0.3) is 11.3 Å². The summed E-state index contributed by atoms with van der Waals surface area (Å²) in [6, 6.07) is 15.1. The van der Waals surface area contributed by atoms with Crippen molar-refractivity contribution in [1.82, 2.24) is 19.2 Å². The molecule has 0 unspecified atom stereocenters. The molecular formula is C21H22N4O2. The average Bonchev–Trinajstić information content (AvgIpc) is 2.86. The van der Waals surface area contributed by atoms with E-state index < -0.39 is 0 Å². The fourth-order valence-electron chi connectivity index (χ4n) is 3.69. The number of aromatic nitrogens is 3. The Morgan fingerprint density at radius 2 is 1.78 bits per heavy atom. The summed E-state index contributed by atoms with van der Waals surface area (Å²) in [6.45, 7) is 1.36. The van der Waals surface area contributed by atoms with Crippen LogP contribution in [0.3, 0.4) is 0 Å². The Balaban J connectivity index is 1.54. The van der Waals surface area contributed by atoms with Crippen molar-refractivity contribution in [3.05, 3.63) is 76.3 Å². The van der Waals surface area contributed by atoms with Gasteiger partial charge in [-0.1, -0.05) is 36.4 Å². The van der Waals surface area contributed by atoms with Crippen molar-refractivity contribution < 1.29 is 4.79 Å². The quantitative estimate of drug-likeness (QED) is 0.715. The van der Waals surface area contributed by atoms with E-state index in [4.69, 9.17) is 5.10 Å². The summed E-state index contributed by atoms with van der Waals surface area (Å²) in [4.78, 5) is 26.5. The molecule has 0 spiro atoms. The molecule has 0 fully saturated rings. The average molecular weight is 362 g/mol. The highest BCUT2D eigenvalue weighted by atomic mass is 16.2. The molecule has 2 aromatic heterocycles. The minimum absolute atomic E-state index is 0.0228. The number of pyridine rings is 1. The van der Waals surface area contributed by atoms with Gasteiger partial charge in [0.1, 0.15) is 6.54 Å². The van der Waals surface area contributed by atoms with Gasteiger partial charge in [-0.3, -0.25) is 14.3 Å². The van der Waals surface area contributed by atoms with Gasteiger partial charge >= 0.3 is 0 Å². The van der Waals surface area contributed by atoms with E-state index in [1.807, 2.05) is 34.8 Å². The highest BCUT2D eigenvalue weighted by Crippen LogP contribution is 2.27. The maximum absolute atomic E-state index is 12.7. The topological polar surface area (TPSA) is 60.1 Å². The predicted octanol–water partition coefficient (Wildman–Crippen LogP) is 1.88. The minimum Gasteiger partial charge on any atom is -0.340 e. The zero-order valence-corrected chi connectivity index (χ0v) is 15.3. The lowest BCUT2D eigenvalue weighted by Gasteiger charge is -2.21. The summed E-state index contributed by atoms with van der Waals surface area (Å²) in [5.74, 6) is -0.0228. The monoisotopic (exact) mass is 362 g/mol. The molecule has 3 aromatic rings. The standard InChI is InChI=1S/C21H22N4O2/c1-23-18-11-14-24(20(27)15-25-12-6-5-9-19(25)26)13-10-17(18)21(22-23)16-7-3-2-4-8-16/h2-9,12H,10-11,13-15H2,1H3. The van der Waals surface area contributed by atoms with Crippen LogP contribution < -0.4 is 5.56 Å². The number of nitrogens with zero attached hydrogens (tertiary/aromatic N) is 4. The molecule has 0 bridgehead atoms. The van der Waals surface area contributed by atoms with Gasteiger partial charge < -0.3 is 9.47 Å². The smallest absolute Gasteiger partial charge is 0.250 e. The van der Waals surface area contributed by atoms with Crippen molar-refractivity contribution in [2.75, 3.05) is 13.1 Å². The van der Waals surface area contributed by atoms with Crippen LogP contribution in [0.1, 0.15) is 11.3 Å². The summed E-state index contributed by atoms with van der Waals surface area (Å²) in [5.41, 5.74) is 4.35. The fraction of sp³-hybridized carbons (Fsp3) is 0.286. The molecule has 0 aliphatic carbocycles.